The molecule has 72 valence electrons. The van der Waals surface area contributed by atoms with Gasteiger partial charge in [-0.1, -0.05) is 13.0 Å². The molecule has 0 amide bonds. The summed E-state index contributed by atoms with van der Waals surface area (Å²) in [6.45, 7) is 5.42. The SMILES string of the molecule is CCC(C)NCCc1ccccn1. The van der Waals surface area contributed by atoms with E-state index in [1.165, 1.54) is 12.1 Å². The van der Waals surface area contributed by atoms with Crippen LogP contribution in [0.1, 0.15) is 26.0 Å². The molecule has 0 saturated heterocycles. The zero-order valence-electron chi connectivity index (χ0n) is 8.46. The lowest BCUT2D eigenvalue weighted by molar-refractivity contribution is 0.535. The molecule has 2 heteroatoms. The fraction of sp³-hybridized carbons (Fsp3) is 0.545. The second-order valence-corrected chi connectivity index (χ2v) is 3.33. The van der Waals surface area contributed by atoms with Gasteiger partial charge in [0.2, 0.25) is 0 Å². The minimum atomic E-state index is 0.615. The van der Waals surface area contributed by atoms with Gasteiger partial charge in [0.25, 0.3) is 0 Å². The van der Waals surface area contributed by atoms with E-state index in [2.05, 4.69) is 30.2 Å². The molecule has 1 atom stereocenters. The molecule has 0 fully saturated rings. The van der Waals surface area contributed by atoms with Crippen molar-refractivity contribution < 1.29 is 0 Å². The van der Waals surface area contributed by atoms with E-state index in [0.717, 1.165) is 13.0 Å². The summed E-state index contributed by atoms with van der Waals surface area (Å²) in [6.07, 6.45) is 4.05. The molecular formula is C11H18N2. The van der Waals surface area contributed by atoms with Crippen LogP contribution < -0.4 is 5.32 Å². The summed E-state index contributed by atoms with van der Waals surface area (Å²) in [6, 6.07) is 6.67. The number of hydrogen-bond acceptors (Lipinski definition) is 2. The van der Waals surface area contributed by atoms with Crippen LogP contribution in [0.2, 0.25) is 0 Å². The Labute approximate surface area is 80.4 Å². The van der Waals surface area contributed by atoms with E-state index in [4.69, 9.17) is 0 Å². The molecule has 0 aromatic carbocycles. The molecule has 0 aliphatic heterocycles. The highest BCUT2D eigenvalue weighted by atomic mass is 14.9. The minimum absolute atomic E-state index is 0.615. The first-order valence-corrected chi connectivity index (χ1v) is 4.96. The number of nitrogens with zero attached hydrogens (tertiary/aromatic N) is 1. The molecule has 1 aromatic rings. The Bertz CT molecular complexity index is 221. The van der Waals surface area contributed by atoms with Crippen LogP contribution in [0, 0.1) is 0 Å². The summed E-state index contributed by atoms with van der Waals surface area (Å²) >= 11 is 0. The fourth-order valence-corrected chi connectivity index (χ4v) is 1.14. The third-order valence-electron chi connectivity index (χ3n) is 2.21. The van der Waals surface area contributed by atoms with Gasteiger partial charge >= 0.3 is 0 Å². The number of hydrogen-bond donors (Lipinski definition) is 1. The molecule has 0 bridgehead atoms. The Balaban J connectivity index is 2.20. The molecule has 1 unspecified atom stereocenters. The Kier molecular flexibility index (Phi) is 4.47. The van der Waals surface area contributed by atoms with E-state index in [1.807, 2.05) is 18.3 Å². The predicted octanol–water partition coefficient (Wildman–Crippen LogP) is 2.01. The van der Waals surface area contributed by atoms with Crippen molar-refractivity contribution in [3.63, 3.8) is 0 Å². The smallest absolute Gasteiger partial charge is 0.0416 e. The van der Waals surface area contributed by atoms with E-state index in [-0.39, 0.29) is 0 Å². The number of nitrogens with one attached hydrogen (secondary N) is 1. The summed E-state index contributed by atoms with van der Waals surface area (Å²) in [5.41, 5.74) is 1.17. The lowest BCUT2D eigenvalue weighted by Crippen LogP contribution is -2.27. The van der Waals surface area contributed by atoms with Gasteiger partial charge in [-0.15, -0.1) is 0 Å². The number of pyridine rings is 1. The maximum atomic E-state index is 4.26. The van der Waals surface area contributed by atoms with Crippen molar-refractivity contribution in [2.45, 2.75) is 32.7 Å². The second kappa shape index (κ2) is 5.70. The Morgan fingerprint density at radius 1 is 1.46 bits per heavy atom. The molecule has 0 spiro atoms. The van der Waals surface area contributed by atoms with Crippen molar-refractivity contribution in [2.75, 3.05) is 6.54 Å². The van der Waals surface area contributed by atoms with E-state index in [0.29, 0.717) is 6.04 Å². The topological polar surface area (TPSA) is 24.9 Å². The summed E-state index contributed by atoms with van der Waals surface area (Å²) in [5, 5.41) is 3.44. The molecule has 0 aliphatic rings. The predicted molar refractivity (Wildman–Crippen MR) is 55.7 cm³/mol. The normalized spacial score (nSPS) is 12.8. The van der Waals surface area contributed by atoms with Crippen molar-refractivity contribution in [2.24, 2.45) is 0 Å². The van der Waals surface area contributed by atoms with Crippen molar-refractivity contribution in [1.82, 2.24) is 10.3 Å². The van der Waals surface area contributed by atoms with Gasteiger partial charge in [0.05, 0.1) is 0 Å². The van der Waals surface area contributed by atoms with E-state index < -0.39 is 0 Å². The summed E-state index contributed by atoms with van der Waals surface area (Å²) in [4.78, 5) is 4.26. The molecule has 0 saturated carbocycles. The third-order valence-corrected chi connectivity index (χ3v) is 2.21. The van der Waals surface area contributed by atoms with Crippen LogP contribution >= 0.6 is 0 Å². The van der Waals surface area contributed by atoms with Crippen LogP contribution in [0.4, 0.5) is 0 Å². The maximum absolute atomic E-state index is 4.26. The van der Waals surface area contributed by atoms with E-state index in [9.17, 15) is 0 Å². The zero-order valence-corrected chi connectivity index (χ0v) is 8.46. The largest absolute Gasteiger partial charge is 0.314 e. The van der Waals surface area contributed by atoms with Crippen molar-refractivity contribution in [3.8, 4) is 0 Å². The first-order chi connectivity index (χ1) is 6.33. The van der Waals surface area contributed by atoms with Crippen molar-refractivity contribution in [1.29, 1.82) is 0 Å². The van der Waals surface area contributed by atoms with Crippen LogP contribution in [-0.2, 0) is 6.42 Å². The molecule has 1 aromatic heterocycles. The van der Waals surface area contributed by atoms with Crippen LogP contribution in [0.15, 0.2) is 24.4 Å². The molecule has 2 nitrogen and oxygen atoms in total. The third kappa shape index (κ3) is 4.04. The molecule has 13 heavy (non-hydrogen) atoms. The zero-order chi connectivity index (χ0) is 9.52. The quantitative estimate of drug-likeness (QED) is 0.746. The summed E-state index contributed by atoms with van der Waals surface area (Å²) in [5.74, 6) is 0. The van der Waals surface area contributed by atoms with Gasteiger partial charge in [0.1, 0.15) is 0 Å². The van der Waals surface area contributed by atoms with Gasteiger partial charge in [0, 0.05) is 30.9 Å². The lowest BCUT2D eigenvalue weighted by atomic mass is 10.2. The van der Waals surface area contributed by atoms with Gasteiger partial charge in [-0.2, -0.15) is 0 Å². The van der Waals surface area contributed by atoms with Crippen LogP contribution in [0.25, 0.3) is 0 Å². The molecule has 1 rings (SSSR count). The highest BCUT2D eigenvalue weighted by Gasteiger charge is 1.97. The standard InChI is InChI=1S/C11H18N2/c1-3-10(2)12-9-7-11-6-4-5-8-13-11/h4-6,8,10,12H,3,7,9H2,1-2H3. The molecule has 1 heterocycles. The second-order valence-electron chi connectivity index (χ2n) is 3.33. The van der Waals surface area contributed by atoms with E-state index >= 15 is 0 Å². The first kappa shape index (κ1) is 10.2. The van der Waals surface area contributed by atoms with Crippen LogP contribution in [0.5, 0.6) is 0 Å². The minimum Gasteiger partial charge on any atom is -0.314 e. The number of rotatable bonds is 5. The van der Waals surface area contributed by atoms with Crippen molar-refractivity contribution >= 4 is 0 Å². The average molecular weight is 178 g/mol. The Hall–Kier alpha value is -0.890. The van der Waals surface area contributed by atoms with Gasteiger partial charge < -0.3 is 5.32 Å². The van der Waals surface area contributed by atoms with Gasteiger partial charge in [-0.25, -0.2) is 0 Å². The maximum Gasteiger partial charge on any atom is 0.0416 e. The first-order valence-electron chi connectivity index (χ1n) is 4.96. The Morgan fingerprint density at radius 2 is 2.31 bits per heavy atom. The molecular weight excluding hydrogens is 160 g/mol. The lowest BCUT2D eigenvalue weighted by Gasteiger charge is -2.10. The van der Waals surface area contributed by atoms with E-state index in [1.54, 1.807) is 0 Å². The average Bonchev–Trinajstić information content (AvgIpc) is 2.19. The van der Waals surface area contributed by atoms with Gasteiger partial charge in [0.15, 0.2) is 0 Å². The van der Waals surface area contributed by atoms with Gasteiger partial charge in [-0.3, -0.25) is 4.98 Å². The van der Waals surface area contributed by atoms with Crippen LogP contribution in [0.3, 0.4) is 0 Å². The molecule has 0 aliphatic carbocycles. The monoisotopic (exact) mass is 178 g/mol. The molecule has 0 radical (unpaired) electrons. The fourth-order valence-electron chi connectivity index (χ4n) is 1.14. The highest BCUT2D eigenvalue weighted by Crippen LogP contribution is 1.94. The Morgan fingerprint density at radius 3 is 2.92 bits per heavy atom. The van der Waals surface area contributed by atoms with Gasteiger partial charge in [-0.05, 0) is 25.5 Å². The molecule has 1 N–H and O–H groups in total. The van der Waals surface area contributed by atoms with Crippen molar-refractivity contribution in [3.05, 3.63) is 30.1 Å². The highest BCUT2D eigenvalue weighted by molar-refractivity contribution is 5.03. The summed E-state index contributed by atoms with van der Waals surface area (Å²) in [7, 11) is 0. The van der Waals surface area contributed by atoms with Crippen LogP contribution in [-0.4, -0.2) is 17.6 Å². The number of aromatic nitrogens is 1. The summed E-state index contributed by atoms with van der Waals surface area (Å²) < 4.78 is 0.